The maximum atomic E-state index is 10.6. The Labute approximate surface area is 110 Å². The molecule has 0 radical (unpaired) electrons. The van der Waals surface area contributed by atoms with Crippen molar-refractivity contribution in [3.05, 3.63) is 30.1 Å². The molecule has 100 valence electrons. The second-order valence-corrected chi connectivity index (χ2v) is 6.38. The molecule has 0 spiro atoms. The molecule has 3 nitrogen and oxygen atoms in total. The molecule has 0 unspecified atom stereocenters. The first-order chi connectivity index (χ1) is 8.39. The number of likely N-dealkylation sites (tertiary alicyclic amines) is 1. The number of nitrogens with zero attached hydrogens (tertiary/aromatic N) is 2. The van der Waals surface area contributed by atoms with Gasteiger partial charge in [0.05, 0.1) is 5.60 Å². The van der Waals surface area contributed by atoms with Crippen molar-refractivity contribution in [3.63, 3.8) is 0 Å². The van der Waals surface area contributed by atoms with Gasteiger partial charge in [0.1, 0.15) is 0 Å². The maximum Gasteiger partial charge on any atom is 0.0727 e. The van der Waals surface area contributed by atoms with Gasteiger partial charge in [-0.15, -0.1) is 0 Å². The average molecular weight is 248 g/mol. The second kappa shape index (κ2) is 4.98. The minimum atomic E-state index is -0.573. The first-order valence-corrected chi connectivity index (χ1v) is 6.76. The first-order valence-electron chi connectivity index (χ1n) is 6.76. The van der Waals surface area contributed by atoms with Gasteiger partial charge >= 0.3 is 0 Å². The van der Waals surface area contributed by atoms with E-state index in [4.69, 9.17) is 0 Å². The van der Waals surface area contributed by atoms with E-state index in [2.05, 4.69) is 30.7 Å². The lowest BCUT2D eigenvalue weighted by Gasteiger charge is -2.44. The molecule has 0 aliphatic carbocycles. The summed E-state index contributed by atoms with van der Waals surface area (Å²) >= 11 is 0. The third-order valence-corrected chi connectivity index (χ3v) is 3.88. The zero-order chi connectivity index (χ0) is 13.2. The quantitative estimate of drug-likeness (QED) is 0.872. The monoisotopic (exact) mass is 248 g/mol. The lowest BCUT2D eigenvalue weighted by molar-refractivity contribution is -0.0416. The van der Waals surface area contributed by atoms with Gasteiger partial charge in [-0.05, 0) is 45.7 Å². The summed E-state index contributed by atoms with van der Waals surface area (Å²) in [6.07, 6.45) is 4.14. The van der Waals surface area contributed by atoms with Gasteiger partial charge in [0.25, 0.3) is 0 Å². The van der Waals surface area contributed by atoms with E-state index in [9.17, 15) is 5.11 Å². The molecule has 1 aliphatic heterocycles. The standard InChI is InChI=1S/C15H24N2O/c1-14(2,3)17-10-7-15(18,8-11-17)12-13-6-4-5-9-16-13/h4-6,9,18H,7-8,10-12H2,1-3H3. The molecule has 0 bridgehead atoms. The van der Waals surface area contributed by atoms with Crippen LogP contribution >= 0.6 is 0 Å². The molecule has 3 heteroatoms. The Bertz CT molecular complexity index is 375. The number of aromatic nitrogens is 1. The van der Waals surface area contributed by atoms with Gasteiger partial charge < -0.3 is 5.11 Å². The fourth-order valence-corrected chi connectivity index (χ4v) is 2.61. The lowest BCUT2D eigenvalue weighted by atomic mass is 9.85. The summed E-state index contributed by atoms with van der Waals surface area (Å²) in [6, 6.07) is 5.89. The molecule has 1 saturated heterocycles. The molecular weight excluding hydrogens is 224 g/mol. The van der Waals surface area contributed by atoms with Crippen LogP contribution in [0.1, 0.15) is 39.3 Å². The van der Waals surface area contributed by atoms with Crippen molar-refractivity contribution in [2.24, 2.45) is 0 Å². The highest BCUT2D eigenvalue weighted by atomic mass is 16.3. The highest BCUT2D eigenvalue weighted by Gasteiger charge is 2.35. The molecule has 18 heavy (non-hydrogen) atoms. The van der Waals surface area contributed by atoms with E-state index in [0.717, 1.165) is 31.6 Å². The summed E-state index contributed by atoms with van der Waals surface area (Å²) in [4.78, 5) is 6.76. The smallest absolute Gasteiger partial charge is 0.0727 e. The van der Waals surface area contributed by atoms with E-state index < -0.39 is 5.60 Å². The fraction of sp³-hybridized carbons (Fsp3) is 0.667. The van der Waals surface area contributed by atoms with Crippen LogP contribution < -0.4 is 0 Å². The van der Waals surface area contributed by atoms with Crippen LogP contribution in [-0.2, 0) is 6.42 Å². The molecule has 2 heterocycles. The Balaban J connectivity index is 1.95. The molecule has 1 aromatic rings. The Hall–Kier alpha value is -0.930. The molecule has 1 N–H and O–H groups in total. The van der Waals surface area contributed by atoms with E-state index in [1.807, 2.05) is 18.2 Å². The van der Waals surface area contributed by atoms with E-state index >= 15 is 0 Å². The minimum Gasteiger partial charge on any atom is -0.389 e. The number of hydrogen-bond donors (Lipinski definition) is 1. The normalized spacial score (nSPS) is 20.9. The van der Waals surface area contributed by atoms with E-state index in [-0.39, 0.29) is 5.54 Å². The minimum absolute atomic E-state index is 0.201. The molecule has 0 atom stereocenters. The Morgan fingerprint density at radius 2 is 1.94 bits per heavy atom. The third-order valence-electron chi connectivity index (χ3n) is 3.88. The SMILES string of the molecule is CC(C)(C)N1CCC(O)(Cc2ccccn2)CC1. The van der Waals surface area contributed by atoms with Gasteiger partial charge in [-0.3, -0.25) is 9.88 Å². The summed E-state index contributed by atoms with van der Waals surface area (Å²) < 4.78 is 0. The Kier molecular flexibility index (Phi) is 3.74. The van der Waals surface area contributed by atoms with Crippen LogP contribution in [-0.4, -0.2) is 39.2 Å². The number of rotatable bonds is 2. The molecule has 0 amide bonds. The number of aliphatic hydroxyl groups is 1. The van der Waals surface area contributed by atoms with Crippen molar-refractivity contribution in [2.75, 3.05) is 13.1 Å². The van der Waals surface area contributed by atoms with Crippen molar-refractivity contribution in [2.45, 2.75) is 51.2 Å². The zero-order valence-electron chi connectivity index (χ0n) is 11.7. The highest BCUT2D eigenvalue weighted by molar-refractivity contribution is 5.08. The molecule has 1 fully saturated rings. The Morgan fingerprint density at radius 3 is 2.44 bits per heavy atom. The van der Waals surface area contributed by atoms with Gasteiger partial charge in [-0.1, -0.05) is 6.07 Å². The summed E-state index contributed by atoms with van der Waals surface area (Å²) in [5.74, 6) is 0. The second-order valence-electron chi connectivity index (χ2n) is 6.38. The summed E-state index contributed by atoms with van der Waals surface area (Å²) in [7, 11) is 0. The molecule has 0 aromatic carbocycles. The van der Waals surface area contributed by atoms with Crippen LogP contribution in [0, 0.1) is 0 Å². The van der Waals surface area contributed by atoms with Crippen LogP contribution in [0.25, 0.3) is 0 Å². The van der Waals surface area contributed by atoms with Crippen LogP contribution in [0.5, 0.6) is 0 Å². The van der Waals surface area contributed by atoms with Crippen LogP contribution in [0.15, 0.2) is 24.4 Å². The van der Waals surface area contributed by atoms with Crippen molar-refractivity contribution in [1.29, 1.82) is 0 Å². The molecule has 2 rings (SSSR count). The van der Waals surface area contributed by atoms with Crippen molar-refractivity contribution < 1.29 is 5.11 Å². The number of hydrogen-bond acceptors (Lipinski definition) is 3. The van der Waals surface area contributed by atoms with Crippen LogP contribution in [0.2, 0.25) is 0 Å². The van der Waals surface area contributed by atoms with E-state index in [1.54, 1.807) is 6.20 Å². The van der Waals surface area contributed by atoms with Gasteiger partial charge in [-0.25, -0.2) is 0 Å². The summed E-state index contributed by atoms with van der Waals surface area (Å²) in [5.41, 5.74) is 0.617. The maximum absolute atomic E-state index is 10.6. The Morgan fingerprint density at radius 1 is 1.28 bits per heavy atom. The van der Waals surface area contributed by atoms with Gasteiger partial charge in [-0.2, -0.15) is 0 Å². The molecule has 0 saturated carbocycles. The summed E-state index contributed by atoms with van der Waals surface area (Å²) in [6.45, 7) is 8.63. The van der Waals surface area contributed by atoms with Gasteiger partial charge in [0, 0.05) is 36.9 Å². The van der Waals surface area contributed by atoms with Crippen molar-refractivity contribution in [1.82, 2.24) is 9.88 Å². The van der Waals surface area contributed by atoms with E-state index in [1.165, 1.54) is 0 Å². The first kappa shape index (κ1) is 13.5. The molecule has 1 aromatic heterocycles. The van der Waals surface area contributed by atoms with Gasteiger partial charge in [0.2, 0.25) is 0 Å². The van der Waals surface area contributed by atoms with Gasteiger partial charge in [0.15, 0.2) is 0 Å². The predicted molar refractivity (Wildman–Crippen MR) is 73.5 cm³/mol. The molecule has 1 aliphatic rings. The number of piperidine rings is 1. The molecular formula is C15H24N2O. The number of pyridine rings is 1. The van der Waals surface area contributed by atoms with Crippen LogP contribution in [0.4, 0.5) is 0 Å². The largest absolute Gasteiger partial charge is 0.389 e. The van der Waals surface area contributed by atoms with Crippen molar-refractivity contribution >= 4 is 0 Å². The van der Waals surface area contributed by atoms with Crippen molar-refractivity contribution in [3.8, 4) is 0 Å². The zero-order valence-corrected chi connectivity index (χ0v) is 11.7. The predicted octanol–water partition coefficient (Wildman–Crippen LogP) is 2.25. The topological polar surface area (TPSA) is 36.4 Å². The average Bonchev–Trinajstić information content (AvgIpc) is 2.29. The van der Waals surface area contributed by atoms with E-state index in [0.29, 0.717) is 6.42 Å². The van der Waals surface area contributed by atoms with Crippen LogP contribution in [0.3, 0.4) is 0 Å². The lowest BCUT2D eigenvalue weighted by Crippen LogP contribution is -2.52. The summed E-state index contributed by atoms with van der Waals surface area (Å²) in [5, 5.41) is 10.6. The third kappa shape index (κ3) is 3.30. The highest BCUT2D eigenvalue weighted by Crippen LogP contribution is 2.29. The fourth-order valence-electron chi connectivity index (χ4n) is 2.61.